The van der Waals surface area contributed by atoms with E-state index in [-0.39, 0.29) is 29.6 Å². The third-order valence-electron chi connectivity index (χ3n) is 7.89. The summed E-state index contributed by atoms with van der Waals surface area (Å²) in [6, 6.07) is 4.65. The van der Waals surface area contributed by atoms with Gasteiger partial charge < -0.3 is 19.9 Å². The summed E-state index contributed by atoms with van der Waals surface area (Å²) < 4.78 is 35.1. The molecule has 8 heteroatoms. The Morgan fingerprint density at radius 2 is 1.91 bits per heavy atom. The summed E-state index contributed by atoms with van der Waals surface area (Å²) in [6.07, 6.45) is 8.20. The molecule has 3 fully saturated rings. The van der Waals surface area contributed by atoms with E-state index in [1.165, 1.54) is 12.1 Å². The smallest absolute Gasteiger partial charge is 0.230 e. The van der Waals surface area contributed by atoms with E-state index < -0.39 is 5.82 Å². The van der Waals surface area contributed by atoms with E-state index >= 15 is 4.39 Å². The Labute approximate surface area is 198 Å². The summed E-state index contributed by atoms with van der Waals surface area (Å²) in [6.45, 7) is 3.22. The molecule has 4 heterocycles. The zero-order chi connectivity index (χ0) is 23.3. The summed E-state index contributed by atoms with van der Waals surface area (Å²) in [5.41, 5.74) is 2.31. The molecule has 6 rings (SSSR count). The number of carbonyl (C=O) groups is 1. The van der Waals surface area contributed by atoms with E-state index in [9.17, 15) is 9.18 Å². The first kappa shape index (κ1) is 21.8. The number of halogens is 2. The van der Waals surface area contributed by atoms with Crippen molar-refractivity contribution in [2.24, 2.45) is 11.3 Å². The Balaban J connectivity index is 1.37. The highest BCUT2D eigenvalue weighted by Gasteiger charge is 2.45. The molecule has 1 N–H and O–H groups in total. The molecule has 4 aliphatic rings. The summed E-state index contributed by atoms with van der Waals surface area (Å²) in [5.74, 6) is -0.378. The predicted molar refractivity (Wildman–Crippen MR) is 126 cm³/mol. The van der Waals surface area contributed by atoms with Crippen LogP contribution >= 0.6 is 0 Å². The Bertz CT molecular complexity index is 1100. The highest BCUT2D eigenvalue weighted by Crippen LogP contribution is 2.45. The fourth-order valence-electron chi connectivity index (χ4n) is 6.07. The van der Waals surface area contributed by atoms with Crippen LogP contribution in [-0.4, -0.2) is 37.2 Å². The quantitative estimate of drug-likeness (QED) is 0.661. The lowest BCUT2D eigenvalue weighted by molar-refractivity contribution is -0.123. The van der Waals surface area contributed by atoms with Crippen molar-refractivity contribution in [3.63, 3.8) is 0 Å². The Morgan fingerprint density at radius 1 is 1.09 bits per heavy atom. The molecule has 34 heavy (non-hydrogen) atoms. The number of amides is 1. The minimum atomic E-state index is -0.455. The van der Waals surface area contributed by atoms with E-state index in [2.05, 4.69) is 10.3 Å². The first-order valence-corrected chi connectivity index (χ1v) is 12.4. The van der Waals surface area contributed by atoms with Crippen molar-refractivity contribution in [1.82, 2.24) is 4.98 Å². The van der Waals surface area contributed by atoms with Crippen LogP contribution in [0.2, 0.25) is 0 Å². The van der Waals surface area contributed by atoms with Gasteiger partial charge in [0.05, 0.1) is 36.4 Å². The van der Waals surface area contributed by atoms with E-state index in [4.69, 9.17) is 4.74 Å². The Kier molecular flexibility index (Phi) is 5.43. The zero-order valence-electron chi connectivity index (χ0n) is 19.3. The van der Waals surface area contributed by atoms with E-state index in [1.54, 1.807) is 11.0 Å². The van der Waals surface area contributed by atoms with Gasteiger partial charge in [-0.15, -0.1) is 0 Å². The van der Waals surface area contributed by atoms with Gasteiger partial charge in [-0.05, 0) is 37.8 Å². The largest absolute Gasteiger partial charge is 0.381 e. The summed E-state index contributed by atoms with van der Waals surface area (Å²) in [7, 11) is 0. The molecular formula is C26H30F2N4O2. The van der Waals surface area contributed by atoms with Crippen molar-refractivity contribution in [2.75, 3.05) is 41.4 Å². The van der Waals surface area contributed by atoms with Crippen molar-refractivity contribution in [2.45, 2.75) is 51.5 Å². The molecule has 1 aromatic carbocycles. The van der Waals surface area contributed by atoms with E-state index in [1.807, 2.05) is 4.90 Å². The average Bonchev–Trinajstić information content (AvgIpc) is 2.98. The van der Waals surface area contributed by atoms with Gasteiger partial charge in [-0.25, -0.2) is 13.8 Å². The number of anilines is 4. The van der Waals surface area contributed by atoms with Crippen LogP contribution in [0.15, 0.2) is 24.4 Å². The van der Waals surface area contributed by atoms with Crippen LogP contribution in [0.4, 0.5) is 31.7 Å². The standard InChI is InChI=1S/C26H30F2N4O2/c27-19-9-18-13-32(25(33)17-5-2-1-3-6-17)23-11-22(20(28)10-21(23)30-24(18)29-12-19)31-14-26(15-31)7-4-8-34-16-26/h9-12,17H,1-8,13-16H2,(H,29,30). The minimum absolute atomic E-state index is 0.0261. The Morgan fingerprint density at radius 3 is 2.68 bits per heavy atom. The van der Waals surface area contributed by atoms with Crippen molar-refractivity contribution < 1.29 is 18.3 Å². The number of carbonyl (C=O) groups excluding carboxylic acids is 1. The summed E-state index contributed by atoms with van der Waals surface area (Å²) >= 11 is 0. The van der Waals surface area contributed by atoms with Crippen LogP contribution in [0.1, 0.15) is 50.5 Å². The van der Waals surface area contributed by atoms with Gasteiger partial charge >= 0.3 is 0 Å². The van der Waals surface area contributed by atoms with Gasteiger partial charge in [0, 0.05) is 42.7 Å². The predicted octanol–water partition coefficient (Wildman–Crippen LogP) is 5.15. The van der Waals surface area contributed by atoms with Crippen LogP contribution in [0.5, 0.6) is 0 Å². The summed E-state index contributed by atoms with van der Waals surface area (Å²) in [4.78, 5) is 21.7. The fourth-order valence-corrected chi connectivity index (χ4v) is 6.07. The number of hydrogen-bond acceptors (Lipinski definition) is 5. The van der Waals surface area contributed by atoms with Crippen molar-refractivity contribution in [3.8, 4) is 0 Å². The second-order valence-corrected chi connectivity index (χ2v) is 10.4. The Hall–Kier alpha value is -2.74. The van der Waals surface area contributed by atoms with Gasteiger partial charge in [-0.3, -0.25) is 4.79 Å². The van der Waals surface area contributed by atoms with E-state index in [0.29, 0.717) is 28.4 Å². The van der Waals surface area contributed by atoms with Crippen molar-refractivity contribution >= 4 is 28.8 Å². The maximum atomic E-state index is 15.4. The topological polar surface area (TPSA) is 57.7 Å². The SMILES string of the molecule is O=C(C1CCCCC1)N1Cc2cc(F)cnc2Nc2cc(F)c(N3CC4(CCCOC4)C3)cc21. The molecule has 180 valence electrons. The molecule has 0 bridgehead atoms. The fraction of sp³-hybridized carbons (Fsp3) is 0.538. The number of aromatic nitrogens is 1. The monoisotopic (exact) mass is 468 g/mol. The number of rotatable bonds is 2. The van der Waals surface area contributed by atoms with Crippen LogP contribution in [-0.2, 0) is 16.1 Å². The molecule has 1 aromatic heterocycles. The lowest BCUT2D eigenvalue weighted by Crippen LogP contribution is -2.60. The van der Waals surface area contributed by atoms with Gasteiger partial charge in [0.1, 0.15) is 17.5 Å². The number of nitrogens with zero attached hydrogens (tertiary/aromatic N) is 3. The second kappa shape index (κ2) is 8.48. The molecule has 1 saturated carbocycles. The molecule has 1 spiro atoms. The van der Waals surface area contributed by atoms with Gasteiger partial charge in [0.15, 0.2) is 0 Å². The number of pyridine rings is 1. The zero-order valence-corrected chi connectivity index (χ0v) is 19.3. The van der Waals surface area contributed by atoms with Crippen LogP contribution < -0.4 is 15.1 Å². The van der Waals surface area contributed by atoms with Crippen LogP contribution in [0.3, 0.4) is 0 Å². The molecule has 1 aliphatic carbocycles. The van der Waals surface area contributed by atoms with Gasteiger partial charge in [0.2, 0.25) is 5.91 Å². The molecule has 2 aromatic rings. The first-order chi connectivity index (χ1) is 16.5. The molecular weight excluding hydrogens is 438 g/mol. The number of ether oxygens (including phenoxy) is 1. The van der Waals surface area contributed by atoms with E-state index in [0.717, 1.165) is 77.4 Å². The summed E-state index contributed by atoms with van der Waals surface area (Å²) in [5, 5.41) is 3.17. The average molecular weight is 469 g/mol. The van der Waals surface area contributed by atoms with Gasteiger partial charge in [0.25, 0.3) is 0 Å². The molecule has 6 nitrogen and oxygen atoms in total. The number of benzene rings is 1. The maximum absolute atomic E-state index is 15.4. The highest BCUT2D eigenvalue weighted by atomic mass is 19.1. The van der Waals surface area contributed by atoms with Gasteiger partial charge in [-0.1, -0.05) is 19.3 Å². The van der Waals surface area contributed by atoms with Crippen LogP contribution in [0, 0.1) is 23.0 Å². The first-order valence-electron chi connectivity index (χ1n) is 12.4. The molecule has 1 amide bonds. The normalized spacial score (nSPS) is 21.8. The number of nitrogens with one attached hydrogen (secondary N) is 1. The number of hydrogen-bond donors (Lipinski definition) is 1. The maximum Gasteiger partial charge on any atom is 0.230 e. The molecule has 3 aliphatic heterocycles. The van der Waals surface area contributed by atoms with Crippen molar-refractivity contribution in [3.05, 3.63) is 41.6 Å². The third-order valence-corrected chi connectivity index (χ3v) is 7.89. The lowest BCUT2D eigenvalue weighted by atomic mass is 9.75. The van der Waals surface area contributed by atoms with Crippen molar-refractivity contribution in [1.29, 1.82) is 0 Å². The van der Waals surface area contributed by atoms with Crippen LogP contribution in [0.25, 0.3) is 0 Å². The lowest BCUT2D eigenvalue weighted by Gasteiger charge is -2.53. The molecule has 0 radical (unpaired) electrons. The molecule has 0 unspecified atom stereocenters. The second-order valence-electron chi connectivity index (χ2n) is 10.4. The molecule has 0 atom stereocenters. The highest BCUT2D eigenvalue weighted by molar-refractivity contribution is 6.00. The third kappa shape index (κ3) is 3.82. The number of fused-ring (bicyclic) bond motifs is 2. The minimum Gasteiger partial charge on any atom is -0.381 e. The molecule has 2 saturated heterocycles. The van der Waals surface area contributed by atoms with Gasteiger partial charge in [-0.2, -0.15) is 0 Å².